The Morgan fingerprint density at radius 2 is 2.10 bits per heavy atom. The molecular weight excluding hydrogens is 259 g/mol. The molecule has 4 rings (SSSR count). The second kappa shape index (κ2) is 5.05. The van der Waals surface area contributed by atoms with Crippen LogP contribution in [0.15, 0.2) is 24.3 Å². The third kappa shape index (κ3) is 2.06. The maximum atomic E-state index is 13.9. The minimum atomic E-state index is -0.826. The van der Waals surface area contributed by atoms with E-state index in [1.807, 2.05) is 0 Å². The standard InChI is InChI=1S/C15H19FN2O2/c1-20-14(19)15(10-18-8-6-11(15)7-9-18)17-13-5-3-2-4-12(13)16/h2-5,11,17H,6-10H2,1H3. The highest BCUT2D eigenvalue weighted by Gasteiger charge is 2.53. The van der Waals surface area contributed by atoms with Crippen LogP contribution in [0.4, 0.5) is 10.1 Å². The Bertz CT molecular complexity index is 514. The first kappa shape index (κ1) is 13.4. The summed E-state index contributed by atoms with van der Waals surface area (Å²) in [4.78, 5) is 14.6. The molecule has 0 spiro atoms. The van der Waals surface area contributed by atoms with Gasteiger partial charge in [-0.1, -0.05) is 12.1 Å². The molecule has 0 amide bonds. The van der Waals surface area contributed by atoms with Gasteiger partial charge in [0.15, 0.2) is 5.54 Å². The summed E-state index contributed by atoms with van der Waals surface area (Å²) >= 11 is 0. The van der Waals surface area contributed by atoms with Gasteiger partial charge in [-0.25, -0.2) is 9.18 Å². The molecule has 3 fully saturated rings. The lowest BCUT2D eigenvalue weighted by molar-refractivity contribution is -0.153. The van der Waals surface area contributed by atoms with Gasteiger partial charge < -0.3 is 15.0 Å². The summed E-state index contributed by atoms with van der Waals surface area (Å²) in [6.45, 7) is 2.59. The number of carbonyl (C=O) groups excluding carboxylic acids is 1. The summed E-state index contributed by atoms with van der Waals surface area (Å²) in [7, 11) is 1.39. The lowest BCUT2D eigenvalue weighted by atomic mass is 9.72. The molecule has 20 heavy (non-hydrogen) atoms. The lowest BCUT2D eigenvalue weighted by Crippen LogP contribution is -2.67. The zero-order valence-corrected chi connectivity index (χ0v) is 11.6. The normalized spacial score (nSPS) is 31.9. The zero-order valence-electron chi connectivity index (χ0n) is 11.6. The molecule has 1 aromatic rings. The van der Waals surface area contributed by atoms with Gasteiger partial charge in [0.05, 0.1) is 12.8 Å². The molecule has 5 heteroatoms. The van der Waals surface area contributed by atoms with E-state index in [0.29, 0.717) is 12.2 Å². The second-order valence-corrected chi connectivity index (χ2v) is 5.62. The number of nitrogens with one attached hydrogen (secondary N) is 1. The van der Waals surface area contributed by atoms with Gasteiger partial charge in [0, 0.05) is 6.54 Å². The van der Waals surface area contributed by atoms with Crippen molar-refractivity contribution >= 4 is 11.7 Å². The van der Waals surface area contributed by atoms with Crippen molar-refractivity contribution in [1.82, 2.24) is 4.90 Å². The van der Waals surface area contributed by atoms with Gasteiger partial charge >= 0.3 is 5.97 Å². The van der Waals surface area contributed by atoms with Gasteiger partial charge in [0.2, 0.25) is 0 Å². The summed E-state index contributed by atoms with van der Waals surface area (Å²) in [6, 6.07) is 6.46. The number of esters is 1. The predicted octanol–water partition coefficient (Wildman–Crippen LogP) is 1.87. The molecule has 0 radical (unpaired) electrons. The van der Waals surface area contributed by atoms with Crippen molar-refractivity contribution in [2.45, 2.75) is 18.4 Å². The molecule has 3 saturated heterocycles. The van der Waals surface area contributed by atoms with E-state index in [-0.39, 0.29) is 17.7 Å². The van der Waals surface area contributed by atoms with Crippen LogP contribution in [-0.4, -0.2) is 43.2 Å². The van der Waals surface area contributed by atoms with E-state index < -0.39 is 5.54 Å². The largest absolute Gasteiger partial charge is 0.467 e. The third-order valence-corrected chi connectivity index (χ3v) is 4.54. The predicted molar refractivity (Wildman–Crippen MR) is 73.9 cm³/mol. The van der Waals surface area contributed by atoms with Gasteiger partial charge in [-0.3, -0.25) is 0 Å². The van der Waals surface area contributed by atoms with Crippen LogP contribution in [0.5, 0.6) is 0 Å². The number of para-hydroxylation sites is 1. The Labute approximate surface area is 117 Å². The number of nitrogens with zero attached hydrogens (tertiary/aromatic N) is 1. The fraction of sp³-hybridized carbons (Fsp3) is 0.533. The van der Waals surface area contributed by atoms with Crippen LogP contribution in [0, 0.1) is 11.7 Å². The number of piperidine rings is 3. The quantitative estimate of drug-likeness (QED) is 0.857. The van der Waals surface area contributed by atoms with Crippen molar-refractivity contribution in [2.24, 2.45) is 5.92 Å². The molecule has 3 aliphatic heterocycles. The van der Waals surface area contributed by atoms with Crippen LogP contribution in [0.3, 0.4) is 0 Å². The highest BCUT2D eigenvalue weighted by Crippen LogP contribution is 2.39. The molecule has 0 aromatic heterocycles. The van der Waals surface area contributed by atoms with Crippen molar-refractivity contribution in [3.05, 3.63) is 30.1 Å². The van der Waals surface area contributed by atoms with Crippen LogP contribution in [0.2, 0.25) is 0 Å². The Hall–Kier alpha value is -1.62. The van der Waals surface area contributed by atoms with Crippen LogP contribution in [-0.2, 0) is 9.53 Å². The number of carbonyl (C=O) groups is 1. The topological polar surface area (TPSA) is 41.6 Å². The zero-order chi connectivity index (χ0) is 14.2. The van der Waals surface area contributed by atoms with E-state index in [9.17, 15) is 9.18 Å². The number of hydrogen-bond acceptors (Lipinski definition) is 4. The smallest absolute Gasteiger partial charge is 0.333 e. The first-order chi connectivity index (χ1) is 9.65. The number of anilines is 1. The fourth-order valence-electron chi connectivity index (χ4n) is 3.47. The highest BCUT2D eigenvalue weighted by molar-refractivity contribution is 5.86. The Morgan fingerprint density at radius 3 is 2.65 bits per heavy atom. The SMILES string of the molecule is COC(=O)C1(Nc2ccccc2F)CN2CCC1CC2. The molecule has 0 saturated carbocycles. The number of hydrogen-bond donors (Lipinski definition) is 1. The number of rotatable bonds is 3. The minimum absolute atomic E-state index is 0.194. The molecule has 1 unspecified atom stereocenters. The van der Waals surface area contributed by atoms with Crippen LogP contribution in [0.1, 0.15) is 12.8 Å². The van der Waals surface area contributed by atoms with Crippen molar-refractivity contribution in [2.75, 3.05) is 32.1 Å². The molecule has 2 bridgehead atoms. The Kier molecular flexibility index (Phi) is 3.38. The van der Waals surface area contributed by atoms with E-state index in [1.165, 1.54) is 13.2 Å². The summed E-state index contributed by atoms with van der Waals surface area (Å²) < 4.78 is 18.9. The molecule has 108 valence electrons. The van der Waals surface area contributed by atoms with Gasteiger partial charge in [-0.05, 0) is 44.0 Å². The highest BCUT2D eigenvalue weighted by atomic mass is 19.1. The van der Waals surface area contributed by atoms with Gasteiger partial charge in [-0.2, -0.15) is 0 Å². The monoisotopic (exact) mass is 278 g/mol. The van der Waals surface area contributed by atoms with E-state index in [2.05, 4.69) is 10.2 Å². The first-order valence-electron chi connectivity index (χ1n) is 6.99. The minimum Gasteiger partial charge on any atom is -0.467 e. The van der Waals surface area contributed by atoms with Gasteiger partial charge in [0.25, 0.3) is 0 Å². The summed E-state index contributed by atoms with van der Waals surface area (Å²) in [5, 5.41) is 3.15. The molecular formula is C15H19FN2O2. The Balaban J connectivity index is 1.95. The third-order valence-electron chi connectivity index (χ3n) is 4.54. The maximum Gasteiger partial charge on any atom is 0.333 e. The van der Waals surface area contributed by atoms with E-state index in [1.54, 1.807) is 18.2 Å². The van der Waals surface area contributed by atoms with Gasteiger partial charge in [-0.15, -0.1) is 0 Å². The number of fused-ring (bicyclic) bond motifs is 3. The average molecular weight is 278 g/mol. The van der Waals surface area contributed by atoms with Crippen molar-refractivity contribution in [3.63, 3.8) is 0 Å². The lowest BCUT2D eigenvalue weighted by Gasteiger charge is -2.51. The number of halogens is 1. The van der Waals surface area contributed by atoms with Crippen molar-refractivity contribution in [1.29, 1.82) is 0 Å². The molecule has 4 nitrogen and oxygen atoms in total. The molecule has 0 aliphatic carbocycles. The summed E-state index contributed by atoms with van der Waals surface area (Å²) in [6.07, 6.45) is 1.88. The summed E-state index contributed by atoms with van der Waals surface area (Å²) in [5.41, 5.74) is -0.459. The number of methoxy groups -OCH3 is 1. The van der Waals surface area contributed by atoms with Crippen LogP contribution in [0.25, 0.3) is 0 Å². The fourth-order valence-corrected chi connectivity index (χ4v) is 3.47. The molecule has 1 aromatic carbocycles. The molecule has 3 aliphatic rings. The van der Waals surface area contributed by atoms with Gasteiger partial charge in [0.1, 0.15) is 5.82 Å². The maximum absolute atomic E-state index is 13.9. The first-order valence-corrected chi connectivity index (χ1v) is 6.99. The summed E-state index contributed by atoms with van der Waals surface area (Å²) in [5.74, 6) is -0.443. The van der Waals surface area contributed by atoms with Crippen LogP contribution >= 0.6 is 0 Å². The second-order valence-electron chi connectivity index (χ2n) is 5.62. The number of benzene rings is 1. The Morgan fingerprint density at radius 1 is 1.40 bits per heavy atom. The molecule has 1 N–H and O–H groups in total. The van der Waals surface area contributed by atoms with E-state index >= 15 is 0 Å². The molecule has 1 atom stereocenters. The number of ether oxygens (including phenoxy) is 1. The molecule has 3 heterocycles. The van der Waals surface area contributed by atoms with Crippen molar-refractivity contribution in [3.8, 4) is 0 Å². The van der Waals surface area contributed by atoms with E-state index in [4.69, 9.17) is 4.74 Å². The van der Waals surface area contributed by atoms with Crippen molar-refractivity contribution < 1.29 is 13.9 Å². The van der Waals surface area contributed by atoms with E-state index in [0.717, 1.165) is 25.9 Å². The van der Waals surface area contributed by atoms with Crippen LogP contribution < -0.4 is 5.32 Å². The average Bonchev–Trinajstić information content (AvgIpc) is 2.50.